The number of hydrogen-bond acceptors (Lipinski definition) is 5. The quantitative estimate of drug-likeness (QED) is 0.856. The van der Waals surface area contributed by atoms with E-state index in [2.05, 4.69) is 10.1 Å². The number of anilines is 2. The van der Waals surface area contributed by atoms with Gasteiger partial charge in [0.1, 0.15) is 0 Å². The van der Waals surface area contributed by atoms with Gasteiger partial charge in [0.2, 0.25) is 11.8 Å². The molecule has 1 aliphatic rings. The molecule has 1 aromatic heterocycles. The van der Waals surface area contributed by atoms with E-state index in [0.717, 1.165) is 36.3 Å². The lowest BCUT2D eigenvalue weighted by molar-refractivity contribution is -0.118. The van der Waals surface area contributed by atoms with Crippen LogP contribution in [-0.4, -0.2) is 22.6 Å². The topological polar surface area (TPSA) is 85.2 Å². The summed E-state index contributed by atoms with van der Waals surface area (Å²) in [7, 11) is 0. The number of nitrogens with zero attached hydrogens (tertiary/aromatic N) is 3. The van der Waals surface area contributed by atoms with Crippen LogP contribution in [0.4, 0.5) is 11.4 Å². The van der Waals surface area contributed by atoms with Gasteiger partial charge in [0, 0.05) is 36.7 Å². The number of nitrogen functional groups attached to an aromatic ring is 1. The van der Waals surface area contributed by atoms with E-state index in [9.17, 15) is 4.79 Å². The van der Waals surface area contributed by atoms with Gasteiger partial charge in [-0.1, -0.05) is 25.1 Å². The number of rotatable bonds is 4. The molecule has 7 heteroatoms. The summed E-state index contributed by atoms with van der Waals surface area (Å²) in [6.45, 7) is 4.75. The van der Waals surface area contributed by atoms with E-state index in [1.54, 1.807) is 0 Å². The zero-order valence-corrected chi connectivity index (χ0v) is 14.8. The van der Waals surface area contributed by atoms with Crippen LogP contribution in [0.1, 0.15) is 49.9 Å². The lowest BCUT2D eigenvalue weighted by Crippen LogP contribution is -2.35. The number of halogens is 1. The van der Waals surface area contributed by atoms with E-state index in [1.807, 2.05) is 36.9 Å². The Morgan fingerprint density at radius 3 is 2.92 bits per heavy atom. The molecule has 2 N–H and O–H groups in total. The fraction of sp³-hybridized carbons (Fsp3) is 0.471. The third-order valence-corrected chi connectivity index (χ3v) is 4.14. The number of carbonyl (C=O) groups excluding carboxylic acids is 1. The molecule has 0 radical (unpaired) electrons. The summed E-state index contributed by atoms with van der Waals surface area (Å²) in [5, 5.41) is 3.93. The summed E-state index contributed by atoms with van der Waals surface area (Å²) >= 11 is 0. The van der Waals surface area contributed by atoms with Gasteiger partial charge in [0.05, 0.1) is 0 Å². The molecule has 0 atom stereocenters. The van der Waals surface area contributed by atoms with Crippen molar-refractivity contribution in [1.82, 2.24) is 10.1 Å². The predicted molar refractivity (Wildman–Crippen MR) is 95.5 cm³/mol. The fourth-order valence-corrected chi connectivity index (χ4v) is 2.86. The van der Waals surface area contributed by atoms with Gasteiger partial charge in [0.25, 0.3) is 0 Å². The number of aromatic nitrogens is 2. The van der Waals surface area contributed by atoms with E-state index in [0.29, 0.717) is 24.6 Å². The summed E-state index contributed by atoms with van der Waals surface area (Å²) in [4.78, 5) is 18.7. The van der Waals surface area contributed by atoms with Crippen LogP contribution in [0.15, 0.2) is 22.7 Å². The maximum Gasteiger partial charge on any atom is 0.227 e. The van der Waals surface area contributed by atoms with Gasteiger partial charge in [-0.05, 0) is 30.5 Å². The van der Waals surface area contributed by atoms with Crippen molar-refractivity contribution >= 4 is 29.7 Å². The molecule has 0 unspecified atom stereocenters. The lowest BCUT2D eigenvalue weighted by atomic mass is 9.99. The smallest absolute Gasteiger partial charge is 0.227 e. The van der Waals surface area contributed by atoms with Crippen molar-refractivity contribution in [2.24, 2.45) is 0 Å². The van der Waals surface area contributed by atoms with Crippen LogP contribution in [0.25, 0.3) is 0 Å². The fourth-order valence-electron chi connectivity index (χ4n) is 2.86. The van der Waals surface area contributed by atoms with Gasteiger partial charge in [-0.25, -0.2) is 0 Å². The second-order valence-corrected chi connectivity index (χ2v) is 6.19. The Morgan fingerprint density at radius 2 is 2.21 bits per heavy atom. The molecule has 130 valence electrons. The number of benzene rings is 1. The summed E-state index contributed by atoms with van der Waals surface area (Å²) < 4.78 is 5.20. The Balaban J connectivity index is 0.00000208. The summed E-state index contributed by atoms with van der Waals surface area (Å²) in [6, 6.07) is 5.75. The molecule has 3 rings (SSSR count). The van der Waals surface area contributed by atoms with Crippen molar-refractivity contribution in [1.29, 1.82) is 0 Å². The van der Waals surface area contributed by atoms with Crippen LogP contribution in [0.5, 0.6) is 0 Å². The summed E-state index contributed by atoms with van der Waals surface area (Å²) in [5.41, 5.74) is 8.81. The number of aryl methyl sites for hydroxylation is 1. The van der Waals surface area contributed by atoms with E-state index < -0.39 is 0 Å². The predicted octanol–water partition coefficient (Wildman–Crippen LogP) is 3.11. The largest absolute Gasteiger partial charge is 0.398 e. The molecule has 0 saturated heterocycles. The molecule has 2 aromatic rings. The minimum absolute atomic E-state index is 0. The highest BCUT2D eigenvalue weighted by molar-refractivity contribution is 5.95. The molecule has 2 heterocycles. The van der Waals surface area contributed by atoms with E-state index in [4.69, 9.17) is 10.3 Å². The van der Waals surface area contributed by atoms with Crippen LogP contribution < -0.4 is 10.6 Å². The van der Waals surface area contributed by atoms with Gasteiger partial charge in [-0.3, -0.25) is 4.79 Å². The van der Waals surface area contributed by atoms with Crippen molar-refractivity contribution in [3.05, 3.63) is 35.5 Å². The van der Waals surface area contributed by atoms with Gasteiger partial charge in [0.15, 0.2) is 5.82 Å². The lowest BCUT2D eigenvalue weighted by Gasteiger charge is -2.30. The molecule has 0 spiro atoms. The first-order chi connectivity index (χ1) is 11.1. The SMILES string of the molecule is CC(C)c1noc(CCC(=O)N2CCCc3c(N)cccc32)n1.Cl. The summed E-state index contributed by atoms with van der Waals surface area (Å²) in [6.07, 6.45) is 2.68. The minimum atomic E-state index is 0. The highest BCUT2D eigenvalue weighted by Crippen LogP contribution is 2.31. The van der Waals surface area contributed by atoms with Crippen molar-refractivity contribution < 1.29 is 9.32 Å². The first-order valence-electron chi connectivity index (χ1n) is 8.06. The Bertz CT molecular complexity index is 714. The zero-order chi connectivity index (χ0) is 16.4. The van der Waals surface area contributed by atoms with Gasteiger partial charge < -0.3 is 15.2 Å². The van der Waals surface area contributed by atoms with Crippen molar-refractivity contribution in [3.8, 4) is 0 Å². The Labute approximate surface area is 147 Å². The van der Waals surface area contributed by atoms with Crippen molar-refractivity contribution in [2.75, 3.05) is 17.2 Å². The molecular weight excluding hydrogens is 328 g/mol. The maximum atomic E-state index is 12.6. The van der Waals surface area contributed by atoms with Gasteiger partial charge >= 0.3 is 0 Å². The Kier molecular flexibility index (Phi) is 5.83. The van der Waals surface area contributed by atoms with Gasteiger partial charge in [-0.15, -0.1) is 12.4 Å². The van der Waals surface area contributed by atoms with Crippen molar-refractivity contribution in [3.63, 3.8) is 0 Å². The normalized spacial score (nSPS) is 13.5. The number of fused-ring (bicyclic) bond motifs is 1. The van der Waals surface area contributed by atoms with Crippen molar-refractivity contribution in [2.45, 2.75) is 45.4 Å². The van der Waals surface area contributed by atoms with E-state index in [1.165, 1.54) is 0 Å². The van der Waals surface area contributed by atoms with Crippen LogP contribution in [0, 0.1) is 0 Å². The average Bonchev–Trinajstić information content (AvgIpc) is 3.02. The average molecular weight is 351 g/mol. The van der Waals surface area contributed by atoms with Crippen LogP contribution in [0.3, 0.4) is 0 Å². The number of amides is 1. The zero-order valence-electron chi connectivity index (χ0n) is 14.0. The Morgan fingerprint density at radius 1 is 1.42 bits per heavy atom. The molecule has 0 aliphatic carbocycles. The first kappa shape index (κ1) is 18.3. The third kappa shape index (κ3) is 3.70. The molecule has 1 aromatic carbocycles. The third-order valence-electron chi connectivity index (χ3n) is 4.14. The van der Waals surface area contributed by atoms with E-state index >= 15 is 0 Å². The molecule has 6 nitrogen and oxygen atoms in total. The number of hydrogen-bond donors (Lipinski definition) is 1. The number of nitrogens with two attached hydrogens (primary N) is 1. The molecule has 1 aliphatic heterocycles. The van der Waals surface area contributed by atoms with Crippen LogP contribution in [0.2, 0.25) is 0 Å². The minimum Gasteiger partial charge on any atom is -0.398 e. The molecule has 24 heavy (non-hydrogen) atoms. The molecule has 0 bridgehead atoms. The second-order valence-electron chi connectivity index (χ2n) is 6.19. The van der Waals surface area contributed by atoms with Crippen LogP contribution in [-0.2, 0) is 17.6 Å². The Hall–Kier alpha value is -2.08. The molecule has 0 fully saturated rings. The molecule has 1 amide bonds. The van der Waals surface area contributed by atoms with Crippen LogP contribution >= 0.6 is 12.4 Å². The monoisotopic (exact) mass is 350 g/mol. The number of carbonyl (C=O) groups is 1. The molecule has 0 saturated carbocycles. The molecular formula is C17H23ClN4O2. The first-order valence-corrected chi connectivity index (χ1v) is 8.06. The maximum absolute atomic E-state index is 12.6. The highest BCUT2D eigenvalue weighted by atomic mass is 35.5. The van der Waals surface area contributed by atoms with Gasteiger partial charge in [-0.2, -0.15) is 4.98 Å². The van der Waals surface area contributed by atoms with E-state index in [-0.39, 0.29) is 24.2 Å². The second kappa shape index (κ2) is 7.66. The highest BCUT2D eigenvalue weighted by Gasteiger charge is 2.24. The summed E-state index contributed by atoms with van der Waals surface area (Å²) in [5.74, 6) is 1.50. The standard InChI is InChI=1S/C17H22N4O2.ClH/c1-11(2)17-19-15(23-20-17)8-9-16(22)21-10-4-5-12-13(18)6-3-7-14(12)21;/h3,6-7,11H,4-5,8-10,18H2,1-2H3;1H.